The molecular weight excluding hydrogens is 397 g/mol. The Kier molecular flexibility index (Phi) is 14.7. The molecule has 0 aromatic heterocycles. The van der Waals surface area contributed by atoms with Gasteiger partial charge in [-0.25, -0.2) is 0 Å². The zero-order chi connectivity index (χ0) is 22.2. The predicted octanol–water partition coefficient (Wildman–Crippen LogP) is 5.93. The molecule has 0 spiro atoms. The highest BCUT2D eigenvalue weighted by molar-refractivity contribution is 5.84. The molecule has 0 aliphatic rings. The highest BCUT2D eigenvalue weighted by Gasteiger charge is 2.63. The van der Waals surface area contributed by atoms with Crippen molar-refractivity contribution in [3.05, 3.63) is 0 Å². The van der Waals surface area contributed by atoms with Gasteiger partial charge in [0.25, 0.3) is 5.91 Å². The Morgan fingerprint density at radius 1 is 0.759 bits per heavy atom. The highest BCUT2D eigenvalue weighted by atomic mass is 19.4. The maximum Gasteiger partial charge on any atom is 0.463 e. The van der Waals surface area contributed by atoms with Gasteiger partial charge in [-0.1, -0.05) is 77.6 Å². The molecule has 0 saturated carbocycles. The number of carbonyl (C=O) groups excluding carboxylic acids is 2. The SMILES string of the molecule is CCCCCCCCCCCCCCOC(=O)CCNC(=O)C(F)(F)C(F)(F)F. The van der Waals surface area contributed by atoms with Crippen molar-refractivity contribution in [1.82, 2.24) is 5.32 Å². The number of rotatable bonds is 17. The summed E-state index contributed by atoms with van der Waals surface area (Å²) in [4.78, 5) is 22.2. The molecule has 0 saturated heterocycles. The standard InChI is InChI=1S/C20H34F5NO3/c1-2-3-4-5-6-7-8-9-10-11-12-13-16-29-17(27)14-15-26-18(28)19(21,22)20(23,24)25/h2-16H2,1H3,(H,26,28). The molecular formula is C20H34F5NO3. The van der Waals surface area contributed by atoms with Crippen LogP contribution in [0.25, 0.3) is 0 Å². The van der Waals surface area contributed by atoms with E-state index in [1.165, 1.54) is 56.7 Å². The second-order valence-electron chi connectivity index (χ2n) is 7.19. The van der Waals surface area contributed by atoms with Crippen molar-refractivity contribution in [3.8, 4) is 0 Å². The number of hydrogen-bond acceptors (Lipinski definition) is 3. The van der Waals surface area contributed by atoms with Gasteiger partial charge in [0.2, 0.25) is 0 Å². The van der Waals surface area contributed by atoms with Gasteiger partial charge < -0.3 is 10.1 Å². The number of esters is 1. The molecule has 0 aliphatic heterocycles. The first-order valence-corrected chi connectivity index (χ1v) is 10.5. The third kappa shape index (κ3) is 13.4. The fraction of sp³-hybridized carbons (Fsp3) is 0.900. The number of ether oxygens (including phenoxy) is 1. The van der Waals surface area contributed by atoms with E-state index in [1.54, 1.807) is 0 Å². The molecule has 0 atom stereocenters. The monoisotopic (exact) mass is 431 g/mol. The van der Waals surface area contributed by atoms with E-state index in [1.807, 2.05) is 0 Å². The lowest BCUT2D eigenvalue weighted by molar-refractivity contribution is -0.269. The van der Waals surface area contributed by atoms with Crippen molar-refractivity contribution >= 4 is 11.9 Å². The summed E-state index contributed by atoms with van der Waals surface area (Å²) in [5, 5.41) is 1.40. The predicted molar refractivity (Wildman–Crippen MR) is 101 cm³/mol. The van der Waals surface area contributed by atoms with Gasteiger partial charge in [-0.3, -0.25) is 9.59 Å². The van der Waals surface area contributed by atoms with Gasteiger partial charge in [0.15, 0.2) is 0 Å². The molecule has 0 heterocycles. The van der Waals surface area contributed by atoms with E-state index in [2.05, 4.69) is 6.92 Å². The van der Waals surface area contributed by atoms with Crippen LogP contribution in [-0.4, -0.2) is 37.1 Å². The maximum atomic E-state index is 12.7. The van der Waals surface area contributed by atoms with Crippen molar-refractivity contribution in [2.45, 2.75) is 102 Å². The first-order valence-electron chi connectivity index (χ1n) is 10.5. The van der Waals surface area contributed by atoms with E-state index in [9.17, 15) is 31.5 Å². The number of halogens is 5. The average molecular weight is 431 g/mol. The quantitative estimate of drug-likeness (QED) is 0.176. The van der Waals surface area contributed by atoms with Crippen molar-refractivity contribution in [3.63, 3.8) is 0 Å². The molecule has 1 amide bonds. The number of carbonyl (C=O) groups is 2. The summed E-state index contributed by atoms with van der Waals surface area (Å²) in [6.07, 6.45) is 7.50. The molecule has 0 fully saturated rings. The van der Waals surface area contributed by atoms with Crippen LogP contribution in [-0.2, 0) is 14.3 Å². The molecule has 1 N–H and O–H groups in total. The van der Waals surface area contributed by atoms with Crippen LogP contribution in [0.15, 0.2) is 0 Å². The van der Waals surface area contributed by atoms with Crippen molar-refractivity contribution < 1.29 is 36.3 Å². The fourth-order valence-corrected chi connectivity index (χ4v) is 2.72. The van der Waals surface area contributed by atoms with Crippen molar-refractivity contribution in [1.29, 1.82) is 0 Å². The first-order chi connectivity index (χ1) is 13.6. The minimum atomic E-state index is -5.97. The number of alkyl halides is 5. The average Bonchev–Trinajstić information content (AvgIpc) is 2.64. The number of nitrogens with one attached hydrogen (secondary N) is 1. The molecule has 0 aromatic carbocycles. The lowest BCUT2D eigenvalue weighted by Crippen LogP contribution is -2.50. The van der Waals surface area contributed by atoms with Gasteiger partial charge in [-0.05, 0) is 6.42 Å². The highest BCUT2D eigenvalue weighted by Crippen LogP contribution is 2.35. The minimum Gasteiger partial charge on any atom is -0.466 e. The molecule has 9 heteroatoms. The summed E-state index contributed by atoms with van der Waals surface area (Å²) >= 11 is 0. The van der Waals surface area contributed by atoms with Crippen molar-refractivity contribution in [2.75, 3.05) is 13.2 Å². The number of hydrogen-bond donors (Lipinski definition) is 1. The number of amides is 1. The summed E-state index contributed by atoms with van der Waals surface area (Å²) < 4.78 is 66.2. The molecule has 172 valence electrons. The molecule has 0 aromatic rings. The Morgan fingerprint density at radius 2 is 1.21 bits per heavy atom. The lowest BCUT2D eigenvalue weighted by Gasteiger charge is -2.18. The Balaban J connectivity index is 3.52. The Labute approximate surface area is 169 Å². The molecule has 4 nitrogen and oxygen atoms in total. The lowest BCUT2D eigenvalue weighted by atomic mass is 10.1. The van der Waals surface area contributed by atoms with Crippen LogP contribution in [0.3, 0.4) is 0 Å². The largest absolute Gasteiger partial charge is 0.466 e. The third-order valence-electron chi connectivity index (χ3n) is 4.52. The van der Waals surface area contributed by atoms with E-state index in [0.29, 0.717) is 6.42 Å². The van der Waals surface area contributed by atoms with Gasteiger partial charge in [-0.15, -0.1) is 0 Å². The summed E-state index contributed by atoms with van der Waals surface area (Å²) in [6.45, 7) is 1.73. The summed E-state index contributed by atoms with van der Waals surface area (Å²) in [6, 6.07) is 0. The second kappa shape index (κ2) is 15.4. The Bertz CT molecular complexity index is 456. The molecule has 0 unspecified atom stereocenters. The molecule has 29 heavy (non-hydrogen) atoms. The van der Waals surface area contributed by atoms with Crippen LogP contribution in [0.1, 0.15) is 90.4 Å². The van der Waals surface area contributed by atoms with E-state index < -0.39 is 36.9 Å². The summed E-state index contributed by atoms with van der Waals surface area (Å²) in [7, 11) is 0. The zero-order valence-electron chi connectivity index (χ0n) is 17.2. The Hall–Kier alpha value is -1.41. The normalized spacial score (nSPS) is 12.1. The second-order valence-corrected chi connectivity index (χ2v) is 7.19. The van der Waals surface area contributed by atoms with Crippen LogP contribution < -0.4 is 5.32 Å². The van der Waals surface area contributed by atoms with Gasteiger partial charge >= 0.3 is 18.1 Å². The van der Waals surface area contributed by atoms with Crippen LogP contribution in [0, 0.1) is 0 Å². The van der Waals surface area contributed by atoms with Gasteiger partial charge in [0.05, 0.1) is 13.0 Å². The van der Waals surface area contributed by atoms with Crippen molar-refractivity contribution in [2.24, 2.45) is 0 Å². The molecule has 0 rings (SSSR count). The molecule has 0 aliphatic carbocycles. The van der Waals surface area contributed by atoms with E-state index in [0.717, 1.165) is 19.3 Å². The summed E-state index contributed by atoms with van der Waals surface area (Å²) in [5.74, 6) is -8.70. The van der Waals surface area contributed by atoms with Gasteiger partial charge in [0.1, 0.15) is 0 Å². The van der Waals surface area contributed by atoms with E-state index in [4.69, 9.17) is 4.74 Å². The van der Waals surface area contributed by atoms with Gasteiger partial charge in [-0.2, -0.15) is 22.0 Å². The van der Waals surface area contributed by atoms with Crippen LogP contribution in [0.2, 0.25) is 0 Å². The van der Waals surface area contributed by atoms with E-state index >= 15 is 0 Å². The minimum absolute atomic E-state index is 0.170. The van der Waals surface area contributed by atoms with Crippen LogP contribution >= 0.6 is 0 Å². The topological polar surface area (TPSA) is 55.4 Å². The fourth-order valence-electron chi connectivity index (χ4n) is 2.72. The maximum absolute atomic E-state index is 12.7. The zero-order valence-corrected chi connectivity index (χ0v) is 17.2. The van der Waals surface area contributed by atoms with E-state index in [-0.39, 0.29) is 6.61 Å². The van der Waals surface area contributed by atoms with Gasteiger partial charge in [0, 0.05) is 6.54 Å². The van der Waals surface area contributed by atoms with Crippen LogP contribution in [0.4, 0.5) is 22.0 Å². The molecule has 0 bridgehead atoms. The smallest absolute Gasteiger partial charge is 0.463 e. The molecule has 0 radical (unpaired) electrons. The Morgan fingerprint density at radius 3 is 1.66 bits per heavy atom. The van der Waals surface area contributed by atoms with Crippen LogP contribution in [0.5, 0.6) is 0 Å². The summed E-state index contributed by atoms with van der Waals surface area (Å²) in [5.41, 5.74) is 0. The third-order valence-corrected chi connectivity index (χ3v) is 4.52. The first kappa shape index (κ1) is 27.6. The number of unbranched alkanes of at least 4 members (excludes halogenated alkanes) is 11.